The van der Waals surface area contributed by atoms with Crippen LogP contribution in [-0.4, -0.2) is 24.1 Å². The fourth-order valence-corrected chi connectivity index (χ4v) is 1.56. The van der Waals surface area contributed by atoms with E-state index in [2.05, 4.69) is 31.1 Å². The zero-order chi connectivity index (χ0) is 12.2. The SMILES string of the molecule is CSc1cc(NCC(C)(C)C)c(C=O)cn1. The molecule has 0 saturated heterocycles. The maximum Gasteiger partial charge on any atom is 0.153 e. The van der Waals surface area contributed by atoms with Gasteiger partial charge in [-0.2, -0.15) is 0 Å². The highest BCUT2D eigenvalue weighted by Gasteiger charge is 2.11. The quantitative estimate of drug-likeness (QED) is 0.646. The van der Waals surface area contributed by atoms with E-state index in [1.807, 2.05) is 12.3 Å². The van der Waals surface area contributed by atoms with Gasteiger partial charge in [0, 0.05) is 18.4 Å². The van der Waals surface area contributed by atoms with Crippen LogP contribution >= 0.6 is 11.8 Å². The Morgan fingerprint density at radius 1 is 1.50 bits per heavy atom. The molecule has 0 radical (unpaired) electrons. The van der Waals surface area contributed by atoms with E-state index in [9.17, 15) is 4.79 Å². The van der Waals surface area contributed by atoms with Crippen molar-refractivity contribution in [2.45, 2.75) is 25.8 Å². The van der Waals surface area contributed by atoms with Crippen molar-refractivity contribution in [1.29, 1.82) is 0 Å². The number of hydrogen-bond acceptors (Lipinski definition) is 4. The van der Waals surface area contributed by atoms with Crippen LogP contribution in [0.3, 0.4) is 0 Å². The molecule has 16 heavy (non-hydrogen) atoms. The number of pyridine rings is 1. The van der Waals surface area contributed by atoms with Gasteiger partial charge in [-0.25, -0.2) is 4.98 Å². The van der Waals surface area contributed by atoms with E-state index in [-0.39, 0.29) is 5.41 Å². The first-order valence-electron chi connectivity index (χ1n) is 5.19. The summed E-state index contributed by atoms with van der Waals surface area (Å²) >= 11 is 1.57. The Morgan fingerprint density at radius 2 is 2.19 bits per heavy atom. The van der Waals surface area contributed by atoms with Crippen LogP contribution in [0.4, 0.5) is 5.69 Å². The Bertz CT molecular complexity index is 372. The summed E-state index contributed by atoms with van der Waals surface area (Å²) in [5.74, 6) is 0. The standard InChI is InChI=1S/C12H18N2OS/c1-12(2,3)8-14-10-5-11(16-4)13-6-9(10)7-15/h5-7H,8H2,1-4H3,(H,13,14). The van der Waals surface area contributed by atoms with E-state index in [0.717, 1.165) is 23.5 Å². The zero-order valence-electron chi connectivity index (χ0n) is 10.2. The van der Waals surface area contributed by atoms with Crippen molar-refractivity contribution in [2.75, 3.05) is 18.1 Å². The number of anilines is 1. The van der Waals surface area contributed by atoms with Crippen LogP contribution in [0.2, 0.25) is 0 Å². The van der Waals surface area contributed by atoms with Crippen molar-refractivity contribution in [1.82, 2.24) is 4.98 Å². The zero-order valence-corrected chi connectivity index (χ0v) is 11.0. The summed E-state index contributed by atoms with van der Waals surface area (Å²) in [6, 6.07) is 1.92. The highest BCUT2D eigenvalue weighted by molar-refractivity contribution is 7.98. The van der Waals surface area contributed by atoms with E-state index in [0.29, 0.717) is 5.56 Å². The van der Waals surface area contributed by atoms with Gasteiger partial charge >= 0.3 is 0 Å². The molecule has 0 fully saturated rings. The number of nitrogens with zero attached hydrogens (tertiary/aromatic N) is 1. The molecule has 88 valence electrons. The third kappa shape index (κ3) is 3.85. The molecule has 0 saturated carbocycles. The first-order chi connectivity index (χ1) is 7.46. The maximum atomic E-state index is 10.9. The molecule has 0 aliphatic heterocycles. The van der Waals surface area contributed by atoms with Gasteiger partial charge in [0.05, 0.1) is 10.6 Å². The lowest BCUT2D eigenvalue weighted by molar-refractivity contribution is 0.112. The Kier molecular flexibility index (Phi) is 4.35. The van der Waals surface area contributed by atoms with Gasteiger partial charge in [-0.1, -0.05) is 20.8 Å². The van der Waals surface area contributed by atoms with Gasteiger partial charge in [-0.3, -0.25) is 4.79 Å². The van der Waals surface area contributed by atoms with E-state index < -0.39 is 0 Å². The molecule has 3 nitrogen and oxygen atoms in total. The number of aromatic nitrogens is 1. The number of carbonyl (C=O) groups is 1. The van der Waals surface area contributed by atoms with E-state index >= 15 is 0 Å². The largest absolute Gasteiger partial charge is 0.384 e. The van der Waals surface area contributed by atoms with Crippen molar-refractivity contribution in [3.05, 3.63) is 17.8 Å². The minimum Gasteiger partial charge on any atom is -0.384 e. The molecule has 0 unspecified atom stereocenters. The molecule has 0 aliphatic carbocycles. The Morgan fingerprint density at radius 3 is 2.69 bits per heavy atom. The van der Waals surface area contributed by atoms with Crippen molar-refractivity contribution in [3.8, 4) is 0 Å². The van der Waals surface area contributed by atoms with Gasteiger partial charge < -0.3 is 5.32 Å². The molecule has 1 rings (SSSR count). The normalized spacial score (nSPS) is 11.2. The van der Waals surface area contributed by atoms with Gasteiger partial charge in [0.2, 0.25) is 0 Å². The second-order valence-corrected chi connectivity index (χ2v) is 5.67. The average molecular weight is 238 g/mol. The van der Waals surface area contributed by atoms with E-state index in [1.165, 1.54) is 0 Å². The van der Waals surface area contributed by atoms with Gasteiger partial charge in [0.15, 0.2) is 6.29 Å². The fraction of sp³-hybridized carbons (Fsp3) is 0.500. The van der Waals surface area contributed by atoms with Crippen LogP contribution < -0.4 is 5.32 Å². The van der Waals surface area contributed by atoms with Gasteiger partial charge in [-0.15, -0.1) is 11.8 Å². The average Bonchev–Trinajstić information content (AvgIpc) is 2.25. The van der Waals surface area contributed by atoms with Gasteiger partial charge in [0.1, 0.15) is 0 Å². The van der Waals surface area contributed by atoms with Crippen LogP contribution in [0, 0.1) is 5.41 Å². The first-order valence-corrected chi connectivity index (χ1v) is 6.42. The summed E-state index contributed by atoms with van der Waals surface area (Å²) in [6.45, 7) is 7.28. The molecule has 1 aromatic heterocycles. The van der Waals surface area contributed by atoms with Gasteiger partial charge in [-0.05, 0) is 17.7 Å². The number of thioether (sulfide) groups is 1. The van der Waals surface area contributed by atoms with Crippen molar-refractivity contribution in [2.24, 2.45) is 5.41 Å². The van der Waals surface area contributed by atoms with Crippen LogP contribution in [-0.2, 0) is 0 Å². The number of rotatable bonds is 4. The topological polar surface area (TPSA) is 42.0 Å². The van der Waals surface area contributed by atoms with E-state index in [1.54, 1.807) is 18.0 Å². The lowest BCUT2D eigenvalue weighted by Gasteiger charge is -2.20. The molecule has 0 aliphatic rings. The second kappa shape index (κ2) is 5.34. The molecular weight excluding hydrogens is 220 g/mol. The van der Waals surface area contributed by atoms with Crippen molar-refractivity contribution >= 4 is 23.7 Å². The summed E-state index contributed by atoms with van der Waals surface area (Å²) in [5, 5.41) is 4.21. The number of hydrogen-bond donors (Lipinski definition) is 1. The highest BCUT2D eigenvalue weighted by atomic mass is 32.2. The molecule has 0 spiro atoms. The molecule has 1 heterocycles. The summed E-state index contributed by atoms with van der Waals surface area (Å²) in [7, 11) is 0. The number of carbonyl (C=O) groups excluding carboxylic acids is 1. The maximum absolute atomic E-state index is 10.9. The predicted molar refractivity (Wildman–Crippen MR) is 69.4 cm³/mol. The molecular formula is C12H18N2OS. The molecule has 0 atom stereocenters. The lowest BCUT2D eigenvalue weighted by Crippen LogP contribution is -2.19. The second-order valence-electron chi connectivity index (χ2n) is 4.85. The third-order valence-electron chi connectivity index (χ3n) is 2.05. The predicted octanol–water partition coefficient (Wildman–Crippen LogP) is 3.07. The van der Waals surface area contributed by atoms with Crippen LogP contribution in [0.15, 0.2) is 17.3 Å². The number of aldehydes is 1. The summed E-state index contributed by atoms with van der Waals surface area (Å²) in [4.78, 5) is 15.0. The summed E-state index contributed by atoms with van der Waals surface area (Å²) < 4.78 is 0. The monoisotopic (exact) mass is 238 g/mol. The summed E-state index contributed by atoms with van der Waals surface area (Å²) in [6.07, 6.45) is 4.42. The van der Waals surface area contributed by atoms with Crippen LogP contribution in [0.5, 0.6) is 0 Å². The molecule has 0 aromatic carbocycles. The number of nitrogens with one attached hydrogen (secondary N) is 1. The Balaban J connectivity index is 2.87. The Hall–Kier alpha value is -1.03. The molecule has 0 bridgehead atoms. The van der Waals surface area contributed by atoms with Crippen LogP contribution in [0.1, 0.15) is 31.1 Å². The molecule has 1 aromatic rings. The van der Waals surface area contributed by atoms with Crippen LogP contribution in [0.25, 0.3) is 0 Å². The van der Waals surface area contributed by atoms with Crippen molar-refractivity contribution < 1.29 is 4.79 Å². The molecule has 4 heteroatoms. The molecule has 0 amide bonds. The first kappa shape index (κ1) is 13.0. The smallest absolute Gasteiger partial charge is 0.153 e. The van der Waals surface area contributed by atoms with Gasteiger partial charge in [0.25, 0.3) is 0 Å². The summed E-state index contributed by atoms with van der Waals surface area (Å²) in [5.41, 5.74) is 1.66. The van der Waals surface area contributed by atoms with Crippen molar-refractivity contribution in [3.63, 3.8) is 0 Å². The lowest BCUT2D eigenvalue weighted by atomic mass is 9.97. The third-order valence-corrected chi connectivity index (χ3v) is 2.70. The minimum absolute atomic E-state index is 0.183. The molecule has 1 N–H and O–H groups in total. The minimum atomic E-state index is 0.183. The fourth-order valence-electron chi connectivity index (χ4n) is 1.17. The highest BCUT2D eigenvalue weighted by Crippen LogP contribution is 2.22. The Labute approximate surface area is 101 Å². The van der Waals surface area contributed by atoms with E-state index in [4.69, 9.17) is 0 Å².